The van der Waals surface area contributed by atoms with Gasteiger partial charge < -0.3 is 14.6 Å². The predicted molar refractivity (Wildman–Crippen MR) is 89.5 cm³/mol. The maximum absolute atomic E-state index is 12.5. The maximum atomic E-state index is 12.5. The molecule has 0 spiro atoms. The van der Waals surface area contributed by atoms with E-state index >= 15 is 0 Å². The van der Waals surface area contributed by atoms with E-state index in [1.807, 2.05) is 24.6 Å². The molecule has 7 heteroatoms. The maximum Gasteiger partial charge on any atom is 0.289 e. The molecular weight excluding hydrogens is 306 g/mol. The van der Waals surface area contributed by atoms with Gasteiger partial charge in [0, 0.05) is 25.9 Å². The number of carbonyl (C=O) groups excluding carboxylic acids is 1. The number of nitrogens with one attached hydrogen (secondary N) is 1. The van der Waals surface area contributed by atoms with Crippen LogP contribution in [0, 0.1) is 6.92 Å². The molecule has 24 heavy (non-hydrogen) atoms. The lowest BCUT2D eigenvalue weighted by Gasteiger charge is -2.27. The van der Waals surface area contributed by atoms with Gasteiger partial charge in [-0.1, -0.05) is 0 Å². The Morgan fingerprint density at radius 3 is 2.67 bits per heavy atom. The van der Waals surface area contributed by atoms with Gasteiger partial charge in [0.2, 0.25) is 5.82 Å². The average Bonchev–Trinajstić information content (AvgIpc) is 3.01. The van der Waals surface area contributed by atoms with Crippen LogP contribution in [0.4, 0.5) is 0 Å². The predicted octanol–water partition coefficient (Wildman–Crippen LogP) is 1.87. The van der Waals surface area contributed by atoms with Gasteiger partial charge in [0.15, 0.2) is 0 Å². The molecule has 0 radical (unpaired) electrons. The molecule has 2 heterocycles. The number of aromatic nitrogens is 4. The monoisotopic (exact) mass is 329 g/mol. The Hall–Kier alpha value is -2.28. The summed E-state index contributed by atoms with van der Waals surface area (Å²) in [5.41, 5.74) is 2.32. The molecule has 0 aromatic carbocycles. The van der Waals surface area contributed by atoms with Crippen molar-refractivity contribution in [3.05, 3.63) is 30.1 Å². The number of amides is 1. The van der Waals surface area contributed by atoms with Crippen molar-refractivity contribution in [2.75, 3.05) is 7.11 Å². The normalized spacial score (nSPS) is 20.8. The zero-order chi connectivity index (χ0) is 17.1. The molecule has 7 nitrogen and oxygen atoms in total. The topological polar surface area (TPSA) is 81.9 Å². The van der Waals surface area contributed by atoms with Gasteiger partial charge in [-0.3, -0.25) is 4.79 Å². The summed E-state index contributed by atoms with van der Waals surface area (Å²) < 4.78 is 7.24. The van der Waals surface area contributed by atoms with Crippen molar-refractivity contribution in [3.8, 4) is 11.4 Å². The molecule has 1 N–H and O–H groups in total. The summed E-state index contributed by atoms with van der Waals surface area (Å²) in [6.45, 7) is 1.86. The van der Waals surface area contributed by atoms with Crippen LogP contribution in [0.2, 0.25) is 0 Å². The molecule has 0 unspecified atom stereocenters. The summed E-state index contributed by atoms with van der Waals surface area (Å²) >= 11 is 0. The van der Waals surface area contributed by atoms with E-state index in [0.717, 1.165) is 37.1 Å². The van der Waals surface area contributed by atoms with Crippen LogP contribution in [0.5, 0.6) is 0 Å². The number of imidazole rings is 1. The van der Waals surface area contributed by atoms with Gasteiger partial charge in [-0.2, -0.15) is 0 Å². The van der Waals surface area contributed by atoms with Crippen molar-refractivity contribution in [3.63, 3.8) is 0 Å². The SMILES string of the molecule is COC1CCC(NC(=O)c2nc(C)cc(-c3cncn3C)n2)CC1. The van der Waals surface area contributed by atoms with Crippen molar-refractivity contribution in [1.29, 1.82) is 0 Å². The number of ether oxygens (including phenoxy) is 1. The molecule has 2 aromatic rings. The summed E-state index contributed by atoms with van der Waals surface area (Å²) in [6, 6.07) is 2.02. The third-order valence-electron chi connectivity index (χ3n) is 4.48. The fourth-order valence-electron chi connectivity index (χ4n) is 3.10. The lowest BCUT2D eigenvalue weighted by Crippen LogP contribution is -2.39. The van der Waals surface area contributed by atoms with E-state index in [2.05, 4.69) is 20.3 Å². The molecule has 1 aliphatic rings. The third-order valence-corrected chi connectivity index (χ3v) is 4.48. The van der Waals surface area contributed by atoms with Gasteiger partial charge >= 0.3 is 0 Å². The summed E-state index contributed by atoms with van der Waals surface area (Å²) in [4.78, 5) is 25.4. The van der Waals surface area contributed by atoms with Crippen molar-refractivity contribution in [2.45, 2.75) is 44.8 Å². The van der Waals surface area contributed by atoms with Crippen LogP contribution in [-0.2, 0) is 11.8 Å². The lowest BCUT2D eigenvalue weighted by atomic mass is 9.93. The molecule has 1 amide bonds. The molecule has 2 aromatic heterocycles. The Morgan fingerprint density at radius 2 is 2.04 bits per heavy atom. The quantitative estimate of drug-likeness (QED) is 0.926. The first kappa shape index (κ1) is 16.6. The summed E-state index contributed by atoms with van der Waals surface area (Å²) in [5.74, 6) is -0.0111. The van der Waals surface area contributed by atoms with Crippen molar-refractivity contribution < 1.29 is 9.53 Å². The van der Waals surface area contributed by atoms with Gasteiger partial charge in [-0.15, -0.1) is 0 Å². The van der Waals surface area contributed by atoms with E-state index in [0.29, 0.717) is 11.8 Å². The highest BCUT2D eigenvalue weighted by molar-refractivity contribution is 5.91. The molecule has 1 aliphatic carbocycles. The van der Waals surface area contributed by atoms with Crippen molar-refractivity contribution in [1.82, 2.24) is 24.8 Å². The Bertz CT molecular complexity index is 720. The highest BCUT2D eigenvalue weighted by Crippen LogP contribution is 2.21. The number of rotatable bonds is 4. The highest BCUT2D eigenvalue weighted by Gasteiger charge is 2.23. The van der Waals surface area contributed by atoms with Crippen LogP contribution in [0.25, 0.3) is 11.4 Å². The molecular formula is C17H23N5O2. The van der Waals surface area contributed by atoms with Gasteiger partial charge in [-0.05, 0) is 38.7 Å². The second-order valence-electron chi connectivity index (χ2n) is 6.29. The van der Waals surface area contributed by atoms with Crippen LogP contribution in [0.3, 0.4) is 0 Å². The molecule has 0 saturated heterocycles. The van der Waals surface area contributed by atoms with Gasteiger partial charge in [-0.25, -0.2) is 15.0 Å². The van der Waals surface area contributed by atoms with Crippen LogP contribution in [0.1, 0.15) is 42.0 Å². The number of methoxy groups -OCH3 is 1. The number of nitrogens with zero attached hydrogens (tertiary/aromatic N) is 4. The molecule has 3 rings (SSSR count). The fraction of sp³-hybridized carbons (Fsp3) is 0.529. The van der Waals surface area contributed by atoms with E-state index < -0.39 is 0 Å². The standard InChI is InChI=1S/C17H23N5O2/c1-11-8-14(15-9-18-10-22(15)2)21-16(19-11)17(23)20-12-4-6-13(24-3)7-5-12/h8-10,12-13H,4-7H2,1-3H3,(H,20,23). The van der Waals surface area contributed by atoms with Gasteiger partial charge in [0.1, 0.15) is 0 Å². The smallest absolute Gasteiger partial charge is 0.289 e. The molecule has 0 atom stereocenters. The van der Waals surface area contributed by atoms with E-state index in [4.69, 9.17) is 4.74 Å². The highest BCUT2D eigenvalue weighted by atomic mass is 16.5. The van der Waals surface area contributed by atoms with Crippen LogP contribution < -0.4 is 5.32 Å². The summed E-state index contributed by atoms with van der Waals surface area (Å²) in [7, 11) is 3.64. The van der Waals surface area contributed by atoms with E-state index in [1.54, 1.807) is 19.6 Å². The van der Waals surface area contributed by atoms with Crippen molar-refractivity contribution >= 4 is 5.91 Å². The van der Waals surface area contributed by atoms with E-state index in [-0.39, 0.29) is 17.8 Å². The van der Waals surface area contributed by atoms with Crippen LogP contribution in [0.15, 0.2) is 18.6 Å². The Kier molecular flexibility index (Phi) is 4.89. The zero-order valence-electron chi connectivity index (χ0n) is 14.3. The first-order valence-corrected chi connectivity index (χ1v) is 8.23. The summed E-state index contributed by atoms with van der Waals surface area (Å²) in [5, 5.41) is 3.05. The minimum atomic E-state index is -0.219. The molecule has 1 fully saturated rings. The molecule has 0 aliphatic heterocycles. The molecule has 0 bridgehead atoms. The van der Waals surface area contributed by atoms with Crippen molar-refractivity contribution in [2.24, 2.45) is 7.05 Å². The molecule has 128 valence electrons. The largest absolute Gasteiger partial charge is 0.381 e. The number of aryl methyl sites for hydroxylation is 2. The number of carbonyl (C=O) groups is 1. The first-order chi connectivity index (χ1) is 11.6. The number of hydrogen-bond donors (Lipinski definition) is 1. The second kappa shape index (κ2) is 7.09. The lowest BCUT2D eigenvalue weighted by molar-refractivity contribution is 0.0597. The summed E-state index contributed by atoms with van der Waals surface area (Å²) in [6.07, 6.45) is 7.53. The van der Waals surface area contributed by atoms with Crippen LogP contribution >= 0.6 is 0 Å². The minimum Gasteiger partial charge on any atom is -0.381 e. The Balaban J connectivity index is 1.73. The van der Waals surface area contributed by atoms with Gasteiger partial charge in [0.25, 0.3) is 5.91 Å². The van der Waals surface area contributed by atoms with E-state index in [9.17, 15) is 4.79 Å². The first-order valence-electron chi connectivity index (χ1n) is 8.23. The fourth-order valence-corrected chi connectivity index (χ4v) is 3.10. The zero-order valence-corrected chi connectivity index (χ0v) is 14.3. The number of hydrogen-bond acceptors (Lipinski definition) is 5. The van der Waals surface area contributed by atoms with E-state index in [1.165, 1.54) is 0 Å². The van der Waals surface area contributed by atoms with Crippen LogP contribution in [-0.4, -0.2) is 44.7 Å². The Morgan fingerprint density at radius 1 is 1.29 bits per heavy atom. The van der Waals surface area contributed by atoms with Gasteiger partial charge in [0.05, 0.1) is 30.0 Å². The average molecular weight is 329 g/mol. The Labute approximate surface area is 141 Å². The second-order valence-corrected chi connectivity index (χ2v) is 6.29. The third kappa shape index (κ3) is 3.62. The minimum absolute atomic E-state index is 0.160. The molecule has 1 saturated carbocycles.